The van der Waals surface area contributed by atoms with Crippen molar-refractivity contribution in [2.75, 3.05) is 51.1 Å². The Morgan fingerprint density at radius 3 is 2.81 bits per heavy atom. The fourth-order valence-corrected chi connectivity index (χ4v) is 3.75. The number of ether oxygens (including phenoxy) is 1. The molecule has 1 saturated heterocycles. The van der Waals surface area contributed by atoms with Crippen molar-refractivity contribution in [3.8, 4) is 5.75 Å². The second kappa shape index (κ2) is 8.76. The molecule has 1 aliphatic rings. The van der Waals surface area contributed by atoms with Gasteiger partial charge in [0, 0.05) is 46.5 Å². The molecule has 2 aromatic rings. The zero-order chi connectivity index (χ0) is 19.4. The normalized spacial score (nSPS) is 17.6. The summed E-state index contributed by atoms with van der Waals surface area (Å²) in [6, 6.07) is 8.26. The van der Waals surface area contributed by atoms with E-state index in [-0.39, 0.29) is 0 Å². The van der Waals surface area contributed by atoms with Crippen molar-refractivity contribution < 1.29 is 4.74 Å². The fourth-order valence-electron chi connectivity index (χ4n) is 3.49. The highest BCUT2D eigenvalue weighted by Gasteiger charge is 2.25. The van der Waals surface area contributed by atoms with Crippen molar-refractivity contribution >= 4 is 23.4 Å². The van der Waals surface area contributed by atoms with E-state index in [2.05, 4.69) is 32.9 Å². The summed E-state index contributed by atoms with van der Waals surface area (Å²) in [4.78, 5) is 15.8. The van der Waals surface area contributed by atoms with Crippen LogP contribution < -0.4 is 14.5 Å². The first-order valence-electron chi connectivity index (χ1n) is 9.26. The quantitative estimate of drug-likeness (QED) is 0.755. The zero-order valence-electron chi connectivity index (χ0n) is 16.5. The van der Waals surface area contributed by atoms with Gasteiger partial charge in [0.1, 0.15) is 11.6 Å². The lowest BCUT2D eigenvalue weighted by Gasteiger charge is -2.38. The summed E-state index contributed by atoms with van der Waals surface area (Å²) >= 11 is 6.48. The minimum Gasteiger partial charge on any atom is -0.495 e. The van der Waals surface area contributed by atoms with Crippen LogP contribution in [0, 0.1) is 0 Å². The average molecular weight is 390 g/mol. The Morgan fingerprint density at radius 1 is 1.26 bits per heavy atom. The third-order valence-electron chi connectivity index (χ3n) is 5.09. The number of aromatic nitrogens is 2. The predicted octanol–water partition coefficient (Wildman–Crippen LogP) is 3.31. The Balaban J connectivity index is 1.70. The molecule has 1 fully saturated rings. The van der Waals surface area contributed by atoms with E-state index in [9.17, 15) is 0 Å². The Bertz CT molecular complexity index is 770. The van der Waals surface area contributed by atoms with E-state index in [0.717, 1.165) is 55.6 Å². The van der Waals surface area contributed by atoms with E-state index in [1.807, 2.05) is 43.4 Å². The van der Waals surface area contributed by atoms with Gasteiger partial charge in [-0.3, -0.25) is 4.90 Å². The largest absolute Gasteiger partial charge is 0.495 e. The van der Waals surface area contributed by atoms with Crippen LogP contribution in [0.25, 0.3) is 0 Å². The number of benzene rings is 1. The third-order valence-corrected chi connectivity index (χ3v) is 5.52. The Morgan fingerprint density at radius 2 is 2.07 bits per heavy atom. The van der Waals surface area contributed by atoms with Gasteiger partial charge in [0.05, 0.1) is 12.1 Å². The number of halogens is 1. The van der Waals surface area contributed by atoms with Gasteiger partial charge in [-0.2, -0.15) is 4.98 Å². The molecular formula is C20H28ClN5O. The maximum atomic E-state index is 6.48. The van der Waals surface area contributed by atoms with Gasteiger partial charge in [-0.15, -0.1) is 0 Å². The van der Waals surface area contributed by atoms with E-state index in [0.29, 0.717) is 11.1 Å². The lowest BCUT2D eigenvalue weighted by molar-refractivity contribution is 0.198. The average Bonchev–Trinajstić information content (AvgIpc) is 2.69. The van der Waals surface area contributed by atoms with Crippen LogP contribution in [-0.2, 0) is 6.54 Å². The fraction of sp³-hybridized carbons (Fsp3) is 0.500. The maximum absolute atomic E-state index is 6.48. The molecule has 1 atom stereocenters. The molecule has 0 N–H and O–H groups in total. The third kappa shape index (κ3) is 4.62. The minimum absolute atomic E-state index is 0.376. The lowest BCUT2D eigenvalue weighted by atomic mass is 10.0. The summed E-state index contributed by atoms with van der Waals surface area (Å²) in [6.45, 7) is 2.84. The first-order chi connectivity index (χ1) is 13.0. The summed E-state index contributed by atoms with van der Waals surface area (Å²) in [6.07, 6.45) is 4.10. The molecule has 2 heterocycles. The molecule has 7 heteroatoms. The maximum Gasteiger partial charge on any atom is 0.227 e. The number of piperidine rings is 1. The van der Waals surface area contributed by atoms with Crippen LogP contribution in [0.2, 0.25) is 5.02 Å². The molecule has 0 saturated carbocycles. The molecule has 0 spiro atoms. The minimum atomic E-state index is 0.376. The number of hydrogen-bond acceptors (Lipinski definition) is 6. The first-order valence-corrected chi connectivity index (χ1v) is 9.64. The van der Waals surface area contributed by atoms with Crippen LogP contribution >= 0.6 is 11.6 Å². The van der Waals surface area contributed by atoms with Crippen molar-refractivity contribution in [3.63, 3.8) is 0 Å². The van der Waals surface area contributed by atoms with Crippen LogP contribution in [0.15, 0.2) is 30.5 Å². The molecule has 0 radical (unpaired) electrons. The number of rotatable bonds is 6. The van der Waals surface area contributed by atoms with Crippen molar-refractivity contribution in [2.45, 2.75) is 25.4 Å². The molecule has 1 unspecified atom stereocenters. The van der Waals surface area contributed by atoms with E-state index in [1.54, 1.807) is 7.11 Å². The summed E-state index contributed by atoms with van der Waals surface area (Å²) < 4.78 is 5.34. The molecule has 1 aromatic carbocycles. The van der Waals surface area contributed by atoms with Crippen LogP contribution in [-0.4, -0.2) is 62.3 Å². The van der Waals surface area contributed by atoms with Crippen LogP contribution in [0.1, 0.15) is 18.4 Å². The molecule has 6 nitrogen and oxygen atoms in total. The number of anilines is 2. The highest BCUT2D eigenvalue weighted by molar-refractivity contribution is 6.32. The monoisotopic (exact) mass is 389 g/mol. The van der Waals surface area contributed by atoms with Crippen LogP contribution in [0.4, 0.5) is 11.8 Å². The number of nitrogens with zero attached hydrogens (tertiary/aromatic N) is 5. The van der Waals surface area contributed by atoms with Gasteiger partial charge in [0.25, 0.3) is 0 Å². The molecule has 146 valence electrons. The van der Waals surface area contributed by atoms with Gasteiger partial charge >= 0.3 is 0 Å². The molecular weight excluding hydrogens is 362 g/mol. The van der Waals surface area contributed by atoms with Crippen molar-refractivity contribution in [3.05, 3.63) is 41.0 Å². The molecule has 3 rings (SSSR count). The Kier molecular flexibility index (Phi) is 6.39. The molecule has 1 aromatic heterocycles. The van der Waals surface area contributed by atoms with Gasteiger partial charge in [-0.25, -0.2) is 4.98 Å². The summed E-state index contributed by atoms with van der Waals surface area (Å²) in [5, 5.41) is 0.706. The van der Waals surface area contributed by atoms with Gasteiger partial charge in [-0.05, 0) is 37.1 Å². The highest BCUT2D eigenvalue weighted by Crippen LogP contribution is 2.30. The standard InChI is InChI=1S/C20H28ClN5O/c1-24(2)18-10-11-22-20(23-18)25(3)16-8-6-12-26(14-16)13-15-7-5-9-17(27-4)19(15)21/h5,7,9-11,16H,6,8,12-14H2,1-4H3. The molecule has 27 heavy (non-hydrogen) atoms. The highest BCUT2D eigenvalue weighted by atomic mass is 35.5. The topological polar surface area (TPSA) is 44.7 Å². The first kappa shape index (κ1) is 19.7. The van der Waals surface area contributed by atoms with Crippen molar-refractivity contribution in [1.29, 1.82) is 0 Å². The van der Waals surface area contributed by atoms with Crippen LogP contribution in [0.5, 0.6) is 5.75 Å². The smallest absolute Gasteiger partial charge is 0.227 e. The number of hydrogen-bond donors (Lipinski definition) is 0. The number of methoxy groups -OCH3 is 1. The van der Waals surface area contributed by atoms with E-state index >= 15 is 0 Å². The summed E-state index contributed by atoms with van der Waals surface area (Å²) in [7, 11) is 7.72. The summed E-state index contributed by atoms with van der Waals surface area (Å²) in [5.74, 6) is 2.42. The number of likely N-dealkylation sites (tertiary alicyclic amines) is 1. The van der Waals surface area contributed by atoms with E-state index in [1.165, 1.54) is 0 Å². The second-order valence-corrected chi connectivity index (χ2v) is 7.56. The van der Waals surface area contributed by atoms with Gasteiger partial charge < -0.3 is 14.5 Å². The Hall–Kier alpha value is -2.05. The van der Waals surface area contributed by atoms with Gasteiger partial charge in [-0.1, -0.05) is 23.7 Å². The van der Waals surface area contributed by atoms with E-state index in [4.69, 9.17) is 16.3 Å². The molecule has 0 amide bonds. The lowest BCUT2D eigenvalue weighted by Crippen LogP contribution is -2.46. The van der Waals surface area contributed by atoms with Gasteiger partial charge in [0.15, 0.2) is 0 Å². The predicted molar refractivity (Wildman–Crippen MR) is 111 cm³/mol. The molecule has 0 bridgehead atoms. The van der Waals surface area contributed by atoms with Crippen molar-refractivity contribution in [1.82, 2.24) is 14.9 Å². The molecule has 1 aliphatic heterocycles. The van der Waals surface area contributed by atoms with E-state index < -0.39 is 0 Å². The molecule has 0 aliphatic carbocycles. The second-order valence-electron chi connectivity index (χ2n) is 7.18. The zero-order valence-corrected chi connectivity index (χ0v) is 17.3. The van der Waals surface area contributed by atoms with Crippen molar-refractivity contribution in [2.24, 2.45) is 0 Å². The number of likely N-dealkylation sites (N-methyl/N-ethyl adjacent to an activating group) is 1. The van der Waals surface area contributed by atoms with Crippen LogP contribution in [0.3, 0.4) is 0 Å². The SMILES string of the molecule is COc1cccc(CN2CCCC(N(C)c3nccc(N(C)C)n3)C2)c1Cl. The summed E-state index contributed by atoms with van der Waals surface area (Å²) in [5.41, 5.74) is 1.10. The Labute approximate surface area is 166 Å². The van der Waals surface area contributed by atoms with Gasteiger partial charge in [0.2, 0.25) is 5.95 Å².